The van der Waals surface area contributed by atoms with Gasteiger partial charge in [0, 0.05) is 0 Å². The van der Waals surface area contributed by atoms with Gasteiger partial charge in [-0.3, -0.25) is 0 Å². The molecule has 1 saturated carbocycles. The Morgan fingerprint density at radius 1 is 1.07 bits per heavy atom. The average molecular weight is 196 g/mol. The topological polar surface area (TPSA) is 0 Å². The Morgan fingerprint density at radius 2 is 1.50 bits per heavy atom. The van der Waals surface area contributed by atoms with Gasteiger partial charge in [0.05, 0.1) is 0 Å². The van der Waals surface area contributed by atoms with Gasteiger partial charge in [-0.05, 0) is 42.4 Å². The van der Waals surface area contributed by atoms with E-state index in [4.69, 9.17) is 0 Å². The van der Waals surface area contributed by atoms with E-state index in [1.807, 2.05) is 0 Å². The Hall–Kier alpha value is 0. The molecule has 0 heteroatoms. The van der Waals surface area contributed by atoms with Gasteiger partial charge in [-0.1, -0.05) is 47.5 Å². The van der Waals surface area contributed by atoms with E-state index in [1.165, 1.54) is 38.5 Å². The van der Waals surface area contributed by atoms with E-state index in [2.05, 4.69) is 34.6 Å². The minimum Gasteiger partial charge on any atom is -0.0649 e. The predicted molar refractivity (Wildman–Crippen MR) is 64.4 cm³/mol. The van der Waals surface area contributed by atoms with Crippen LogP contribution in [0.2, 0.25) is 0 Å². The lowest BCUT2D eigenvalue weighted by Crippen LogP contribution is -2.32. The summed E-state index contributed by atoms with van der Waals surface area (Å²) >= 11 is 0. The van der Waals surface area contributed by atoms with Crippen LogP contribution in [0.5, 0.6) is 0 Å². The molecule has 0 bridgehead atoms. The van der Waals surface area contributed by atoms with Gasteiger partial charge in [0.1, 0.15) is 0 Å². The van der Waals surface area contributed by atoms with Crippen molar-refractivity contribution >= 4 is 0 Å². The van der Waals surface area contributed by atoms with Crippen LogP contribution in [-0.2, 0) is 0 Å². The molecule has 14 heavy (non-hydrogen) atoms. The van der Waals surface area contributed by atoms with E-state index in [-0.39, 0.29) is 0 Å². The first-order chi connectivity index (χ1) is 6.43. The van der Waals surface area contributed by atoms with Gasteiger partial charge >= 0.3 is 0 Å². The van der Waals surface area contributed by atoms with Gasteiger partial charge in [0.15, 0.2) is 0 Å². The van der Waals surface area contributed by atoms with Crippen molar-refractivity contribution in [2.45, 2.75) is 73.1 Å². The molecule has 0 aromatic heterocycles. The fourth-order valence-corrected chi connectivity index (χ4v) is 2.92. The Morgan fingerprint density at radius 3 is 1.86 bits per heavy atom. The normalized spacial score (nSPS) is 23.8. The zero-order valence-corrected chi connectivity index (χ0v) is 10.8. The Labute approximate surface area is 90.5 Å². The lowest BCUT2D eigenvalue weighted by molar-refractivity contribution is 0.0784. The minimum atomic E-state index is 0.622. The van der Waals surface area contributed by atoms with Crippen molar-refractivity contribution in [1.82, 2.24) is 0 Å². The summed E-state index contributed by atoms with van der Waals surface area (Å²) < 4.78 is 0. The van der Waals surface area contributed by atoms with Crippen LogP contribution in [0.25, 0.3) is 0 Å². The minimum absolute atomic E-state index is 0.622. The number of hydrogen-bond donors (Lipinski definition) is 0. The maximum absolute atomic E-state index is 2.50. The molecular formula is C14H28. The SMILES string of the molecule is CCC(C)(CC)C1CCC(C)(C)CC1. The molecule has 1 rings (SSSR count). The molecule has 0 amide bonds. The monoisotopic (exact) mass is 196 g/mol. The Kier molecular flexibility index (Phi) is 3.66. The molecule has 0 spiro atoms. The largest absolute Gasteiger partial charge is 0.0649 e. The lowest BCUT2D eigenvalue weighted by Gasteiger charge is -2.43. The third-order valence-electron chi connectivity index (χ3n) is 4.94. The van der Waals surface area contributed by atoms with Gasteiger partial charge in [0.25, 0.3) is 0 Å². The van der Waals surface area contributed by atoms with Crippen LogP contribution in [0.1, 0.15) is 73.1 Å². The second kappa shape index (κ2) is 4.24. The highest BCUT2D eigenvalue weighted by Gasteiger charge is 2.36. The van der Waals surface area contributed by atoms with Crippen molar-refractivity contribution in [2.24, 2.45) is 16.7 Å². The van der Waals surface area contributed by atoms with E-state index in [1.54, 1.807) is 0 Å². The molecule has 0 N–H and O–H groups in total. The van der Waals surface area contributed by atoms with Crippen LogP contribution in [0, 0.1) is 16.7 Å². The molecule has 0 radical (unpaired) electrons. The van der Waals surface area contributed by atoms with Crippen LogP contribution >= 0.6 is 0 Å². The highest BCUT2D eigenvalue weighted by Crippen LogP contribution is 2.47. The number of hydrogen-bond acceptors (Lipinski definition) is 0. The van der Waals surface area contributed by atoms with Crippen LogP contribution in [-0.4, -0.2) is 0 Å². The maximum Gasteiger partial charge on any atom is -0.0303 e. The summed E-state index contributed by atoms with van der Waals surface area (Å²) in [5.41, 5.74) is 1.25. The summed E-state index contributed by atoms with van der Waals surface area (Å²) in [6, 6.07) is 0. The first-order valence-electron chi connectivity index (χ1n) is 6.43. The molecule has 0 nitrogen and oxygen atoms in total. The fourth-order valence-electron chi connectivity index (χ4n) is 2.92. The lowest BCUT2D eigenvalue weighted by atomic mass is 9.62. The van der Waals surface area contributed by atoms with Crippen LogP contribution < -0.4 is 0 Å². The van der Waals surface area contributed by atoms with E-state index in [0.717, 1.165) is 5.92 Å². The molecule has 1 fully saturated rings. The van der Waals surface area contributed by atoms with Gasteiger partial charge in [0.2, 0.25) is 0 Å². The molecule has 0 aromatic carbocycles. The van der Waals surface area contributed by atoms with Crippen molar-refractivity contribution in [3.8, 4) is 0 Å². The van der Waals surface area contributed by atoms with Crippen molar-refractivity contribution in [3.05, 3.63) is 0 Å². The molecule has 1 aliphatic rings. The molecule has 0 atom stereocenters. The highest BCUT2D eigenvalue weighted by atomic mass is 14.4. The van der Waals surface area contributed by atoms with E-state index in [0.29, 0.717) is 10.8 Å². The quantitative estimate of drug-likeness (QED) is 0.594. The average Bonchev–Trinajstić information content (AvgIpc) is 2.16. The summed E-state index contributed by atoms with van der Waals surface area (Å²) in [6.45, 7) is 12.1. The molecule has 0 heterocycles. The zero-order valence-electron chi connectivity index (χ0n) is 10.8. The van der Waals surface area contributed by atoms with Crippen LogP contribution in [0.4, 0.5) is 0 Å². The Balaban J connectivity index is 2.56. The van der Waals surface area contributed by atoms with Gasteiger partial charge in [-0.25, -0.2) is 0 Å². The summed E-state index contributed by atoms with van der Waals surface area (Å²) in [6.07, 6.45) is 8.51. The van der Waals surface area contributed by atoms with Crippen molar-refractivity contribution < 1.29 is 0 Å². The van der Waals surface area contributed by atoms with Crippen molar-refractivity contribution in [1.29, 1.82) is 0 Å². The second-order valence-electron chi connectivity index (χ2n) is 6.30. The molecule has 0 saturated heterocycles. The second-order valence-corrected chi connectivity index (χ2v) is 6.30. The summed E-state index contributed by atoms with van der Waals surface area (Å²) in [7, 11) is 0. The number of rotatable bonds is 3. The summed E-state index contributed by atoms with van der Waals surface area (Å²) in [5, 5.41) is 0. The van der Waals surface area contributed by atoms with Crippen molar-refractivity contribution in [3.63, 3.8) is 0 Å². The van der Waals surface area contributed by atoms with Gasteiger partial charge in [-0.2, -0.15) is 0 Å². The molecular weight excluding hydrogens is 168 g/mol. The molecule has 0 aromatic rings. The van der Waals surface area contributed by atoms with Crippen LogP contribution in [0.3, 0.4) is 0 Å². The van der Waals surface area contributed by atoms with Crippen molar-refractivity contribution in [2.75, 3.05) is 0 Å². The Bertz CT molecular complexity index is 164. The van der Waals surface area contributed by atoms with Gasteiger partial charge < -0.3 is 0 Å². The summed E-state index contributed by atoms with van der Waals surface area (Å²) in [4.78, 5) is 0. The third kappa shape index (κ3) is 2.52. The standard InChI is InChI=1S/C14H28/c1-6-14(5,7-2)12-8-10-13(3,4)11-9-12/h12H,6-11H2,1-5H3. The predicted octanol–water partition coefficient (Wildman–Crippen LogP) is 5.03. The molecule has 0 unspecified atom stereocenters. The maximum atomic E-state index is 2.50. The smallest absolute Gasteiger partial charge is 0.0303 e. The van der Waals surface area contributed by atoms with E-state index >= 15 is 0 Å². The van der Waals surface area contributed by atoms with E-state index < -0.39 is 0 Å². The highest BCUT2D eigenvalue weighted by molar-refractivity contribution is 4.87. The van der Waals surface area contributed by atoms with Gasteiger partial charge in [-0.15, -0.1) is 0 Å². The molecule has 1 aliphatic carbocycles. The first kappa shape index (κ1) is 12.1. The summed E-state index contributed by atoms with van der Waals surface area (Å²) in [5.74, 6) is 0.991. The molecule has 84 valence electrons. The fraction of sp³-hybridized carbons (Fsp3) is 1.00. The zero-order chi connectivity index (χ0) is 10.8. The van der Waals surface area contributed by atoms with E-state index in [9.17, 15) is 0 Å². The van der Waals surface area contributed by atoms with Crippen LogP contribution in [0.15, 0.2) is 0 Å². The third-order valence-corrected chi connectivity index (χ3v) is 4.94. The molecule has 0 aliphatic heterocycles. The first-order valence-corrected chi connectivity index (χ1v) is 6.43.